The number of ether oxygens (including phenoxy) is 1. The van der Waals surface area contributed by atoms with Crippen molar-refractivity contribution in [2.24, 2.45) is 0 Å². The highest BCUT2D eigenvalue weighted by Gasteiger charge is 2.07. The fourth-order valence-electron chi connectivity index (χ4n) is 2.00. The van der Waals surface area contributed by atoms with Gasteiger partial charge in [-0.25, -0.2) is 0 Å². The highest BCUT2D eigenvalue weighted by atomic mass is 35.5. The molecule has 108 valence electrons. The monoisotopic (exact) mass is 283 g/mol. The largest absolute Gasteiger partial charge is 0.489 e. The van der Waals surface area contributed by atoms with E-state index >= 15 is 0 Å². The molecular weight excluding hydrogens is 258 g/mol. The number of halogens is 1. The molecule has 0 saturated carbocycles. The molecule has 0 heterocycles. The number of anilines is 1. The van der Waals surface area contributed by atoms with E-state index in [0.717, 1.165) is 11.4 Å². The Balaban J connectivity index is 2.53. The van der Waals surface area contributed by atoms with E-state index in [1.54, 1.807) is 0 Å². The fourth-order valence-corrected chi connectivity index (χ4v) is 2.22. The Bertz CT molecular complexity index is 379. The second-order valence-electron chi connectivity index (χ2n) is 5.35. The van der Waals surface area contributed by atoms with Crippen LogP contribution in [0.15, 0.2) is 18.2 Å². The van der Waals surface area contributed by atoms with Gasteiger partial charge in [0.25, 0.3) is 0 Å². The van der Waals surface area contributed by atoms with Crippen molar-refractivity contribution in [2.45, 2.75) is 65.5 Å². The number of hydrogen-bond acceptors (Lipinski definition) is 2. The first-order valence-corrected chi connectivity index (χ1v) is 7.63. The topological polar surface area (TPSA) is 21.3 Å². The molecule has 0 aromatic heterocycles. The Morgan fingerprint density at radius 2 is 1.95 bits per heavy atom. The minimum Gasteiger partial charge on any atom is -0.489 e. The van der Waals surface area contributed by atoms with E-state index in [1.807, 2.05) is 32.0 Å². The number of rotatable bonds is 8. The van der Waals surface area contributed by atoms with Crippen LogP contribution in [0.5, 0.6) is 5.75 Å². The van der Waals surface area contributed by atoms with E-state index in [0.29, 0.717) is 11.1 Å². The van der Waals surface area contributed by atoms with Crippen molar-refractivity contribution in [3.8, 4) is 5.75 Å². The standard InChI is InChI=1S/C16H26ClNO/c1-5-6-7-8-13(4)18-14-9-10-16(15(17)11-14)19-12(2)3/h9-13,18H,5-8H2,1-4H3. The average Bonchev–Trinajstić information content (AvgIpc) is 2.32. The molecule has 1 aromatic carbocycles. The van der Waals surface area contributed by atoms with Gasteiger partial charge in [-0.2, -0.15) is 0 Å². The Hall–Kier alpha value is -0.890. The lowest BCUT2D eigenvalue weighted by molar-refractivity contribution is 0.242. The van der Waals surface area contributed by atoms with E-state index in [-0.39, 0.29) is 6.10 Å². The first-order valence-electron chi connectivity index (χ1n) is 7.25. The molecule has 0 aliphatic rings. The number of nitrogens with one attached hydrogen (secondary N) is 1. The number of hydrogen-bond donors (Lipinski definition) is 1. The molecule has 2 nitrogen and oxygen atoms in total. The molecule has 1 atom stereocenters. The lowest BCUT2D eigenvalue weighted by Crippen LogP contribution is -2.15. The summed E-state index contributed by atoms with van der Waals surface area (Å²) in [5.74, 6) is 0.751. The predicted octanol–water partition coefficient (Wildman–Crippen LogP) is 5.51. The minimum atomic E-state index is 0.143. The Morgan fingerprint density at radius 3 is 2.53 bits per heavy atom. The maximum atomic E-state index is 6.22. The van der Waals surface area contributed by atoms with E-state index in [4.69, 9.17) is 16.3 Å². The fraction of sp³-hybridized carbons (Fsp3) is 0.625. The van der Waals surface area contributed by atoms with Crippen LogP contribution in [0.3, 0.4) is 0 Å². The normalized spacial score (nSPS) is 12.5. The van der Waals surface area contributed by atoms with Crippen LogP contribution in [0.1, 0.15) is 53.4 Å². The van der Waals surface area contributed by atoms with Crippen LogP contribution in [-0.4, -0.2) is 12.1 Å². The lowest BCUT2D eigenvalue weighted by atomic mass is 10.1. The summed E-state index contributed by atoms with van der Waals surface area (Å²) in [5.41, 5.74) is 1.06. The van der Waals surface area contributed by atoms with Gasteiger partial charge >= 0.3 is 0 Å². The Kier molecular flexibility index (Phi) is 7.07. The molecule has 1 N–H and O–H groups in total. The third kappa shape index (κ3) is 6.20. The zero-order valence-corrected chi connectivity index (χ0v) is 13.3. The zero-order valence-electron chi connectivity index (χ0n) is 12.5. The summed E-state index contributed by atoms with van der Waals surface area (Å²) in [6, 6.07) is 6.37. The van der Waals surface area contributed by atoms with E-state index in [9.17, 15) is 0 Å². The molecule has 0 aliphatic heterocycles. The van der Waals surface area contributed by atoms with Gasteiger partial charge in [0.15, 0.2) is 0 Å². The van der Waals surface area contributed by atoms with Crippen molar-refractivity contribution in [3.05, 3.63) is 23.2 Å². The smallest absolute Gasteiger partial charge is 0.138 e. The third-order valence-electron chi connectivity index (χ3n) is 2.95. The molecule has 1 rings (SSSR count). The summed E-state index contributed by atoms with van der Waals surface area (Å²) in [6.07, 6.45) is 5.17. The van der Waals surface area contributed by atoms with Crippen LogP contribution in [0.25, 0.3) is 0 Å². The summed E-state index contributed by atoms with van der Waals surface area (Å²) in [5, 5.41) is 4.15. The molecule has 0 amide bonds. The van der Waals surface area contributed by atoms with Gasteiger partial charge in [-0.1, -0.05) is 37.8 Å². The molecule has 19 heavy (non-hydrogen) atoms. The molecule has 0 aliphatic carbocycles. The van der Waals surface area contributed by atoms with Gasteiger partial charge in [0.05, 0.1) is 11.1 Å². The summed E-state index contributed by atoms with van der Waals surface area (Å²) in [7, 11) is 0. The second-order valence-corrected chi connectivity index (χ2v) is 5.76. The van der Waals surface area contributed by atoms with E-state index in [1.165, 1.54) is 25.7 Å². The van der Waals surface area contributed by atoms with E-state index in [2.05, 4.69) is 19.2 Å². The molecule has 3 heteroatoms. The van der Waals surface area contributed by atoms with Gasteiger partial charge in [-0.3, -0.25) is 0 Å². The third-order valence-corrected chi connectivity index (χ3v) is 3.24. The SMILES string of the molecule is CCCCCC(C)Nc1ccc(OC(C)C)c(Cl)c1. The van der Waals surface area contributed by atoms with Gasteiger partial charge in [-0.15, -0.1) is 0 Å². The van der Waals surface area contributed by atoms with Crippen molar-refractivity contribution in [1.29, 1.82) is 0 Å². The molecule has 0 spiro atoms. The van der Waals surface area contributed by atoms with Crippen LogP contribution in [-0.2, 0) is 0 Å². The van der Waals surface area contributed by atoms with E-state index < -0.39 is 0 Å². The van der Waals surface area contributed by atoms with Crippen LogP contribution < -0.4 is 10.1 Å². The molecule has 1 aromatic rings. The quantitative estimate of drug-likeness (QED) is 0.635. The van der Waals surface area contributed by atoms with Gasteiger partial charge in [0.2, 0.25) is 0 Å². The van der Waals surface area contributed by atoms with Crippen LogP contribution in [0.2, 0.25) is 5.02 Å². The summed E-state index contributed by atoms with van der Waals surface area (Å²) >= 11 is 6.22. The van der Waals surface area contributed by atoms with Gasteiger partial charge < -0.3 is 10.1 Å². The maximum Gasteiger partial charge on any atom is 0.138 e. The van der Waals surface area contributed by atoms with Crippen LogP contribution in [0.4, 0.5) is 5.69 Å². The Labute approximate surface area is 122 Å². The van der Waals surface area contributed by atoms with Crippen molar-refractivity contribution >= 4 is 17.3 Å². The number of unbranched alkanes of at least 4 members (excludes halogenated alkanes) is 2. The highest BCUT2D eigenvalue weighted by Crippen LogP contribution is 2.29. The summed E-state index contributed by atoms with van der Waals surface area (Å²) in [4.78, 5) is 0. The van der Waals surface area contributed by atoms with Gasteiger partial charge in [0.1, 0.15) is 5.75 Å². The molecule has 0 fully saturated rings. The lowest BCUT2D eigenvalue weighted by Gasteiger charge is -2.17. The molecule has 0 radical (unpaired) electrons. The van der Waals surface area contributed by atoms with Crippen LogP contribution >= 0.6 is 11.6 Å². The second kappa shape index (κ2) is 8.31. The highest BCUT2D eigenvalue weighted by molar-refractivity contribution is 6.32. The van der Waals surface area contributed by atoms with Crippen molar-refractivity contribution in [2.75, 3.05) is 5.32 Å². The first-order chi connectivity index (χ1) is 9.02. The van der Waals surface area contributed by atoms with Crippen molar-refractivity contribution in [3.63, 3.8) is 0 Å². The summed E-state index contributed by atoms with van der Waals surface area (Å²) in [6.45, 7) is 8.43. The zero-order chi connectivity index (χ0) is 14.3. The molecular formula is C16H26ClNO. The van der Waals surface area contributed by atoms with Gasteiger partial charge in [0, 0.05) is 11.7 Å². The molecule has 0 saturated heterocycles. The molecule has 1 unspecified atom stereocenters. The van der Waals surface area contributed by atoms with Crippen molar-refractivity contribution < 1.29 is 4.74 Å². The maximum absolute atomic E-state index is 6.22. The van der Waals surface area contributed by atoms with Crippen molar-refractivity contribution in [1.82, 2.24) is 0 Å². The Morgan fingerprint density at radius 1 is 1.21 bits per heavy atom. The van der Waals surface area contributed by atoms with Gasteiger partial charge in [-0.05, 0) is 45.4 Å². The number of benzene rings is 1. The summed E-state index contributed by atoms with van der Waals surface area (Å²) < 4.78 is 5.62. The average molecular weight is 284 g/mol. The predicted molar refractivity (Wildman–Crippen MR) is 84.4 cm³/mol. The minimum absolute atomic E-state index is 0.143. The van der Waals surface area contributed by atoms with Crippen LogP contribution in [0, 0.1) is 0 Å². The first kappa shape index (κ1) is 16.2. The molecule has 0 bridgehead atoms.